The second-order valence-electron chi connectivity index (χ2n) is 14.8. The molecule has 0 radical (unpaired) electrons. The number of aromatic nitrogens is 4. The van der Waals surface area contributed by atoms with E-state index in [0.29, 0.717) is 17.5 Å². The van der Waals surface area contributed by atoms with Gasteiger partial charge in [0.15, 0.2) is 17.5 Å². The summed E-state index contributed by atoms with van der Waals surface area (Å²) in [7, 11) is 0. The standard InChI is InChI=1S/C53H32N4S/c1-2-15-34(16-3-1)51-54-52(56-53(55-51)39-29-28-33-14-4-5-17-35(33)30-39)38-20-12-18-36(31-38)37-19-13-21-40(32-37)57-45-26-10-8-24-43(45)47-41-22-6-7-23-42(41)48-44-25-9-11-27-46(44)58-50(48)49(47)57/h1-32H. The zero-order valence-electron chi connectivity index (χ0n) is 31.2. The minimum absolute atomic E-state index is 0.636. The molecule has 0 unspecified atom stereocenters. The van der Waals surface area contributed by atoms with Crippen molar-refractivity contribution >= 4 is 74.9 Å². The molecule has 12 rings (SSSR count). The van der Waals surface area contributed by atoms with E-state index >= 15 is 0 Å². The topological polar surface area (TPSA) is 43.6 Å². The number of fused-ring (bicyclic) bond motifs is 11. The van der Waals surface area contributed by atoms with E-state index in [1.54, 1.807) is 0 Å². The molecule has 5 heteroatoms. The van der Waals surface area contributed by atoms with Crippen LogP contribution in [0.4, 0.5) is 0 Å². The molecule has 0 saturated heterocycles. The van der Waals surface area contributed by atoms with Gasteiger partial charge < -0.3 is 4.57 Å². The van der Waals surface area contributed by atoms with Crippen molar-refractivity contribution in [1.82, 2.24) is 19.5 Å². The van der Waals surface area contributed by atoms with Crippen LogP contribution in [0.1, 0.15) is 0 Å². The van der Waals surface area contributed by atoms with Gasteiger partial charge in [-0.25, -0.2) is 15.0 Å². The van der Waals surface area contributed by atoms with Crippen molar-refractivity contribution in [2.75, 3.05) is 0 Å². The van der Waals surface area contributed by atoms with Crippen LogP contribution in [-0.2, 0) is 0 Å². The lowest BCUT2D eigenvalue weighted by atomic mass is 9.99. The van der Waals surface area contributed by atoms with Gasteiger partial charge in [0.1, 0.15) is 0 Å². The largest absolute Gasteiger partial charge is 0.308 e. The Morgan fingerprint density at radius 2 is 0.931 bits per heavy atom. The molecule has 270 valence electrons. The number of hydrogen-bond donors (Lipinski definition) is 0. The second-order valence-corrected chi connectivity index (χ2v) is 15.8. The molecule has 0 aliphatic heterocycles. The highest BCUT2D eigenvalue weighted by Crippen LogP contribution is 2.48. The molecular weight excluding hydrogens is 725 g/mol. The molecule has 4 nitrogen and oxygen atoms in total. The molecule has 0 saturated carbocycles. The summed E-state index contributed by atoms with van der Waals surface area (Å²) in [4.78, 5) is 15.2. The van der Waals surface area contributed by atoms with Crippen LogP contribution >= 0.6 is 11.3 Å². The maximum absolute atomic E-state index is 5.11. The number of para-hydroxylation sites is 1. The Kier molecular flexibility index (Phi) is 7.37. The van der Waals surface area contributed by atoms with Crippen molar-refractivity contribution in [2.45, 2.75) is 0 Å². The van der Waals surface area contributed by atoms with E-state index in [2.05, 4.69) is 180 Å². The van der Waals surface area contributed by atoms with E-state index in [9.17, 15) is 0 Å². The average molecular weight is 757 g/mol. The Labute approximate surface area is 338 Å². The summed E-state index contributed by atoms with van der Waals surface area (Å²) in [6, 6.07) is 69.0. The fourth-order valence-corrected chi connectivity index (χ4v) is 9.99. The Morgan fingerprint density at radius 1 is 0.362 bits per heavy atom. The molecule has 0 spiro atoms. The zero-order valence-corrected chi connectivity index (χ0v) is 32.0. The smallest absolute Gasteiger partial charge is 0.164 e. The van der Waals surface area contributed by atoms with Crippen LogP contribution in [0.15, 0.2) is 194 Å². The van der Waals surface area contributed by atoms with Crippen LogP contribution in [0, 0.1) is 0 Å². The van der Waals surface area contributed by atoms with Crippen molar-refractivity contribution in [3.05, 3.63) is 194 Å². The first-order valence-corrected chi connectivity index (χ1v) is 20.3. The van der Waals surface area contributed by atoms with Gasteiger partial charge in [0.25, 0.3) is 0 Å². The van der Waals surface area contributed by atoms with Gasteiger partial charge in [0, 0.05) is 48.6 Å². The molecule has 12 aromatic rings. The van der Waals surface area contributed by atoms with Crippen molar-refractivity contribution in [3.8, 4) is 51.0 Å². The molecule has 0 aliphatic rings. The van der Waals surface area contributed by atoms with Gasteiger partial charge in [0.05, 0.1) is 15.7 Å². The van der Waals surface area contributed by atoms with E-state index in [4.69, 9.17) is 15.0 Å². The van der Waals surface area contributed by atoms with Gasteiger partial charge in [-0.1, -0.05) is 158 Å². The fourth-order valence-electron chi connectivity index (χ4n) is 8.74. The summed E-state index contributed by atoms with van der Waals surface area (Å²) in [5.41, 5.74) is 8.60. The highest BCUT2D eigenvalue weighted by atomic mass is 32.1. The summed E-state index contributed by atoms with van der Waals surface area (Å²) < 4.78 is 5.09. The summed E-state index contributed by atoms with van der Waals surface area (Å²) in [5.74, 6) is 1.93. The Morgan fingerprint density at radius 3 is 1.74 bits per heavy atom. The third-order valence-electron chi connectivity index (χ3n) is 11.4. The number of benzene rings is 9. The van der Waals surface area contributed by atoms with Gasteiger partial charge in [-0.2, -0.15) is 0 Å². The molecule has 58 heavy (non-hydrogen) atoms. The quantitative estimate of drug-likeness (QED) is 0.176. The van der Waals surface area contributed by atoms with E-state index in [1.165, 1.54) is 58.1 Å². The number of hydrogen-bond acceptors (Lipinski definition) is 4. The van der Waals surface area contributed by atoms with Gasteiger partial charge >= 0.3 is 0 Å². The molecule has 3 aromatic heterocycles. The molecule has 3 heterocycles. The van der Waals surface area contributed by atoms with E-state index in [0.717, 1.165) is 38.9 Å². The van der Waals surface area contributed by atoms with Crippen LogP contribution in [0.5, 0.6) is 0 Å². The zero-order chi connectivity index (χ0) is 38.2. The molecular formula is C53H32N4S. The van der Waals surface area contributed by atoms with Crippen molar-refractivity contribution < 1.29 is 0 Å². The summed E-state index contributed by atoms with van der Waals surface area (Å²) >= 11 is 1.89. The normalized spacial score (nSPS) is 11.8. The van der Waals surface area contributed by atoms with Crippen molar-refractivity contribution in [3.63, 3.8) is 0 Å². The molecule has 0 aliphatic carbocycles. The molecule has 0 atom stereocenters. The number of nitrogens with zero attached hydrogens (tertiary/aromatic N) is 4. The van der Waals surface area contributed by atoms with Crippen LogP contribution in [-0.4, -0.2) is 19.5 Å². The highest BCUT2D eigenvalue weighted by molar-refractivity contribution is 7.27. The number of thiophene rings is 1. The molecule has 0 bridgehead atoms. The molecule has 0 fully saturated rings. The lowest BCUT2D eigenvalue weighted by Crippen LogP contribution is -2.00. The van der Waals surface area contributed by atoms with E-state index in [-0.39, 0.29) is 0 Å². The van der Waals surface area contributed by atoms with E-state index < -0.39 is 0 Å². The van der Waals surface area contributed by atoms with Gasteiger partial charge in [-0.15, -0.1) is 11.3 Å². The van der Waals surface area contributed by atoms with E-state index in [1.807, 2.05) is 29.5 Å². The fraction of sp³-hybridized carbons (Fsp3) is 0. The Hall–Kier alpha value is -7.47. The highest BCUT2D eigenvalue weighted by Gasteiger charge is 2.22. The molecule has 0 amide bonds. The van der Waals surface area contributed by atoms with Crippen LogP contribution in [0.2, 0.25) is 0 Å². The van der Waals surface area contributed by atoms with Gasteiger partial charge in [-0.3, -0.25) is 0 Å². The van der Waals surface area contributed by atoms with Gasteiger partial charge in [0.2, 0.25) is 0 Å². The first kappa shape index (κ1) is 32.7. The molecule has 9 aromatic carbocycles. The van der Waals surface area contributed by atoms with Crippen LogP contribution < -0.4 is 0 Å². The maximum Gasteiger partial charge on any atom is 0.164 e. The Bertz CT molecular complexity index is 3580. The first-order valence-electron chi connectivity index (χ1n) is 19.5. The lowest BCUT2D eigenvalue weighted by molar-refractivity contribution is 1.07. The maximum atomic E-state index is 5.11. The van der Waals surface area contributed by atoms with Crippen molar-refractivity contribution in [2.24, 2.45) is 0 Å². The lowest BCUT2D eigenvalue weighted by Gasteiger charge is -2.13. The minimum Gasteiger partial charge on any atom is -0.308 e. The predicted molar refractivity (Wildman–Crippen MR) is 244 cm³/mol. The monoisotopic (exact) mass is 756 g/mol. The summed E-state index contributed by atoms with van der Waals surface area (Å²) in [5, 5.41) is 10.1. The second kappa shape index (κ2) is 13.1. The first-order chi connectivity index (χ1) is 28.7. The van der Waals surface area contributed by atoms with Gasteiger partial charge in [-0.05, 0) is 69.1 Å². The van der Waals surface area contributed by atoms with Crippen LogP contribution in [0.3, 0.4) is 0 Å². The minimum atomic E-state index is 0.636. The average Bonchev–Trinajstić information content (AvgIpc) is 3.86. The third kappa shape index (κ3) is 5.18. The molecule has 0 N–H and O–H groups in total. The predicted octanol–water partition coefficient (Wildman–Crippen LogP) is 14.3. The number of rotatable bonds is 5. The third-order valence-corrected chi connectivity index (χ3v) is 12.6. The SMILES string of the molecule is c1ccc(-c2nc(-c3cccc(-c4cccc(-n5c6ccccc6c6c7ccccc7c7c8ccccc8sc7c65)c4)c3)nc(-c3ccc4ccccc4c3)n2)cc1. The summed E-state index contributed by atoms with van der Waals surface area (Å²) in [6.07, 6.45) is 0. The summed E-state index contributed by atoms with van der Waals surface area (Å²) in [6.45, 7) is 0. The van der Waals surface area contributed by atoms with Crippen LogP contribution in [0.25, 0.3) is 115 Å². The Balaban J connectivity index is 1.04. The van der Waals surface area contributed by atoms with Crippen molar-refractivity contribution in [1.29, 1.82) is 0 Å².